The smallest absolute Gasteiger partial charge is 0.364 e. The second-order valence-electron chi connectivity index (χ2n) is 14.0. The van der Waals surface area contributed by atoms with Gasteiger partial charge >= 0.3 is 5.97 Å². The van der Waals surface area contributed by atoms with Gasteiger partial charge in [-0.2, -0.15) is 0 Å². The first-order chi connectivity index (χ1) is 26.7. The Morgan fingerprint density at radius 1 is 0.684 bits per heavy atom. The number of ether oxygens (including phenoxy) is 7. The molecule has 0 spiro atoms. The van der Waals surface area contributed by atoms with Gasteiger partial charge in [-0.15, -0.1) is 0 Å². The lowest BCUT2D eigenvalue weighted by Gasteiger charge is -2.51. The van der Waals surface area contributed by atoms with Crippen molar-refractivity contribution in [3.05, 3.63) is 0 Å². The summed E-state index contributed by atoms with van der Waals surface area (Å²) in [6, 6.07) is -3.30. The zero-order chi connectivity index (χ0) is 42.7. The van der Waals surface area contributed by atoms with Gasteiger partial charge in [-0.05, 0) is 0 Å². The number of carbonyl (C=O) groups is 3. The van der Waals surface area contributed by atoms with Crippen LogP contribution in [-0.2, 0) is 47.5 Å². The Labute approximate surface area is 322 Å². The van der Waals surface area contributed by atoms with Crippen LogP contribution in [0.25, 0.3) is 0 Å². The molecule has 4 heterocycles. The van der Waals surface area contributed by atoms with Crippen molar-refractivity contribution in [2.45, 2.75) is 149 Å². The summed E-state index contributed by atoms with van der Waals surface area (Å²) in [6.45, 7) is -1.94. The zero-order valence-electron chi connectivity index (χ0n) is 30.4. The molecule has 0 aromatic rings. The maximum Gasteiger partial charge on any atom is 0.364 e. The fourth-order valence-corrected chi connectivity index (χ4v) is 7.04. The molecule has 0 bridgehead atoms. The predicted molar refractivity (Wildman–Crippen MR) is 174 cm³/mol. The van der Waals surface area contributed by atoms with E-state index in [1.54, 1.807) is 0 Å². The number of aliphatic hydroxyl groups is 13. The third-order valence-electron chi connectivity index (χ3n) is 9.98. The Morgan fingerprint density at radius 2 is 1.23 bits per heavy atom. The fraction of sp³-hybridized carbons (Fsp3) is 0.903. The van der Waals surface area contributed by atoms with Gasteiger partial charge in [0.25, 0.3) is 5.79 Å². The number of rotatable bonds is 15. The van der Waals surface area contributed by atoms with Crippen molar-refractivity contribution in [2.24, 2.45) is 0 Å². The van der Waals surface area contributed by atoms with Gasteiger partial charge in [0.1, 0.15) is 91.5 Å². The highest BCUT2D eigenvalue weighted by atomic mass is 16.8. The van der Waals surface area contributed by atoms with E-state index in [4.69, 9.17) is 33.2 Å². The highest BCUT2D eigenvalue weighted by molar-refractivity contribution is 5.76. The molecule has 26 nitrogen and oxygen atoms in total. The van der Waals surface area contributed by atoms with Gasteiger partial charge in [-0.25, -0.2) is 4.79 Å². The van der Waals surface area contributed by atoms with Crippen LogP contribution in [0.2, 0.25) is 0 Å². The molecule has 2 amide bonds. The zero-order valence-corrected chi connectivity index (χ0v) is 30.4. The lowest BCUT2D eigenvalue weighted by molar-refractivity contribution is -0.387. The van der Waals surface area contributed by atoms with E-state index in [1.165, 1.54) is 0 Å². The molecule has 330 valence electrons. The minimum absolute atomic E-state index is 0.787. The summed E-state index contributed by atoms with van der Waals surface area (Å²) >= 11 is 0. The van der Waals surface area contributed by atoms with E-state index in [1.807, 2.05) is 0 Å². The quantitative estimate of drug-likeness (QED) is 0.0728. The van der Waals surface area contributed by atoms with Crippen molar-refractivity contribution < 1.29 is 119 Å². The summed E-state index contributed by atoms with van der Waals surface area (Å²) in [5.74, 6) is -6.74. The van der Waals surface area contributed by atoms with Gasteiger partial charge in [0.2, 0.25) is 11.8 Å². The maximum absolute atomic E-state index is 12.8. The molecule has 4 aliphatic heterocycles. The molecule has 16 N–H and O–H groups in total. The molecule has 4 saturated heterocycles. The summed E-state index contributed by atoms with van der Waals surface area (Å²) in [4.78, 5) is 36.9. The molecule has 57 heavy (non-hydrogen) atoms. The first kappa shape index (κ1) is 47.3. The molecule has 1 unspecified atom stereocenters. The number of nitrogens with one attached hydrogen (secondary N) is 2. The Kier molecular flexibility index (Phi) is 16.4. The number of carboxylic acids is 1. The van der Waals surface area contributed by atoms with Gasteiger partial charge < -0.3 is 115 Å². The number of hydrogen-bond donors (Lipinski definition) is 16. The van der Waals surface area contributed by atoms with Crippen LogP contribution in [0.4, 0.5) is 0 Å². The SMILES string of the molecule is CC(=O)N[C@H]1[C@H](O[C@@H]2C(O)O[C@H](CO)[C@@H](O)[C@@H]2O)O[C@H](CO)[C@@H](O[C@@H]2O[C@H](CO)[C@H](O)[C@H](O[C@]3(C(=O)O)C[C@H](O)[C@@H](NC(C)=O)[C@H]([C@H](O)[C@H](O)CO)O3)[C@H]2O)[C@@H]1O. The molecule has 4 aliphatic rings. The molecule has 0 aromatic carbocycles. The van der Waals surface area contributed by atoms with Gasteiger partial charge in [-0.3, -0.25) is 9.59 Å². The number of hydrogen-bond acceptors (Lipinski definition) is 23. The lowest BCUT2D eigenvalue weighted by Crippen LogP contribution is -2.71. The second-order valence-corrected chi connectivity index (χ2v) is 14.0. The van der Waals surface area contributed by atoms with Crippen molar-refractivity contribution in [3.63, 3.8) is 0 Å². The third-order valence-corrected chi connectivity index (χ3v) is 9.98. The van der Waals surface area contributed by atoms with Gasteiger partial charge in [0, 0.05) is 20.3 Å². The minimum Gasteiger partial charge on any atom is -0.477 e. The van der Waals surface area contributed by atoms with Crippen LogP contribution in [0, 0.1) is 0 Å². The normalized spacial score (nSPS) is 45.1. The molecule has 4 rings (SSSR count). The second kappa shape index (κ2) is 19.8. The van der Waals surface area contributed by atoms with Crippen LogP contribution in [-0.4, -0.2) is 244 Å². The summed E-state index contributed by atoms with van der Waals surface area (Å²) < 4.78 is 38.9. The van der Waals surface area contributed by atoms with Crippen molar-refractivity contribution >= 4 is 17.8 Å². The summed E-state index contributed by atoms with van der Waals surface area (Å²) in [7, 11) is 0. The third kappa shape index (κ3) is 10.2. The Morgan fingerprint density at radius 3 is 1.77 bits per heavy atom. The molecule has 26 heteroatoms. The van der Waals surface area contributed by atoms with E-state index in [0.29, 0.717) is 0 Å². The van der Waals surface area contributed by atoms with E-state index in [0.717, 1.165) is 13.8 Å². The average Bonchev–Trinajstić information content (AvgIpc) is 3.16. The van der Waals surface area contributed by atoms with E-state index in [2.05, 4.69) is 10.6 Å². The standard InChI is InChI=1S/C31H52N2O24/c1-8(38)32-15-10(40)3-31(30(49)50,56-24(15)17(42)11(41)4-34)57-25-19(44)13(6-36)52-29(22(25)47)54-23-14(7-37)53-28(16(20(23)45)33-9(2)39)55-26-21(46)18(43)12(5-35)51-27(26)48/h10-29,34-37,40-48H,3-7H2,1-2H3,(H,32,38)(H,33,39)(H,49,50)/t10-,11+,12+,13+,14+,15+,16+,17+,18+,19-,20+,21-,22+,23+,24+,25-,26-,27?,28-,29-,31-/m0/s1. The Balaban J connectivity index is 1.62. The van der Waals surface area contributed by atoms with Crippen molar-refractivity contribution in [1.29, 1.82) is 0 Å². The van der Waals surface area contributed by atoms with Crippen LogP contribution < -0.4 is 10.6 Å². The van der Waals surface area contributed by atoms with Gasteiger partial charge in [-0.1, -0.05) is 0 Å². The van der Waals surface area contributed by atoms with Crippen LogP contribution in [0.5, 0.6) is 0 Å². The summed E-state index contributed by atoms with van der Waals surface area (Å²) in [5, 5.41) is 151. The summed E-state index contributed by atoms with van der Waals surface area (Å²) in [6.07, 6.45) is -36.1. The van der Waals surface area contributed by atoms with Crippen molar-refractivity contribution in [3.8, 4) is 0 Å². The number of carbonyl (C=O) groups excluding carboxylic acids is 2. The molecule has 4 fully saturated rings. The van der Waals surface area contributed by atoms with Crippen LogP contribution in [0.1, 0.15) is 20.3 Å². The van der Waals surface area contributed by atoms with E-state index < -0.39 is 179 Å². The summed E-state index contributed by atoms with van der Waals surface area (Å²) in [5.41, 5.74) is 0. The number of amides is 2. The highest BCUT2D eigenvalue weighted by Crippen LogP contribution is 2.38. The van der Waals surface area contributed by atoms with Crippen LogP contribution in [0.3, 0.4) is 0 Å². The molecule has 21 atom stereocenters. The monoisotopic (exact) mass is 836 g/mol. The lowest BCUT2D eigenvalue weighted by atomic mass is 9.88. The van der Waals surface area contributed by atoms with E-state index >= 15 is 0 Å². The number of aliphatic hydroxyl groups excluding tert-OH is 13. The minimum atomic E-state index is -3.12. The van der Waals surface area contributed by atoms with Gasteiger partial charge in [0.15, 0.2) is 18.9 Å². The number of carboxylic acid groups (broad SMARTS) is 1. The highest BCUT2D eigenvalue weighted by Gasteiger charge is 2.60. The largest absolute Gasteiger partial charge is 0.477 e. The maximum atomic E-state index is 12.8. The molecule has 0 radical (unpaired) electrons. The van der Waals surface area contributed by atoms with E-state index in [9.17, 15) is 85.9 Å². The van der Waals surface area contributed by atoms with E-state index in [-0.39, 0.29) is 0 Å². The van der Waals surface area contributed by atoms with Crippen LogP contribution >= 0.6 is 0 Å². The average molecular weight is 837 g/mol. The molecule has 0 aromatic heterocycles. The number of aliphatic carboxylic acids is 1. The van der Waals surface area contributed by atoms with Gasteiger partial charge in [0.05, 0.1) is 38.6 Å². The topological polar surface area (TPSA) is 423 Å². The van der Waals surface area contributed by atoms with Crippen molar-refractivity contribution in [2.75, 3.05) is 26.4 Å². The predicted octanol–water partition coefficient (Wildman–Crippen LogP) is -10.3. The van der Waals surface area contributed by atoms with Crippen molar-refractivity contribution in [1.82, 2.24) is 10.6 Å². The Bertz CT molecular complexity index is 1350. The fourth-order valence-electron chi connectivity index (χ4n) is 7.04. The molecular weight excluding hydrogens is 784 g/mol. The Hall–Kier alpha value is -2.39. The molecular formula is C31H52N2O24. The molecule has 0 saturated carbocycles. The molecule has 0 aliphatic carbocycles. The van der Waals surface area contributed by atoms with Crippen LogP contribution in [0.15, 0.2) is 0 Å². The first-order valence-corrected chi connectivity index (χ1v) is 17.7. The first-order valence-electron chi connectivity index (χ1n) is 17.7.